The lowest BCUT2D eigenvalue weighted by Gasteiger charge is -2.20. The second-order valence-corrected chi connectivity index (χ2v) is 4.03. The molecular weight excluding hydrogens is 224 g/mol. The van der Waals surface area contributed by atoms with E-state index in [2.05, 4.69) is 11.9 Å². The van der Waals surface area contributed by atoms with Crippen LogP contribution in [0.4, 0.5) is 4.79 Å². The summed E-state index contributed by atoms with van der Waals surface area (Å²) in [4.78, 5) is 13.2. The van der Waals surface area contributed by atoms with E-state index >= 15 is 0 Å². The Labute approximate surface area is 99.2 Å². The Morgan fingerprint density at radius 3 is 3.06 bits per heavy atom. The van der Waals surface area contributed by atoms with Gasteiger partial charge in [0.05, 0.1) is 6.61 Å². The number of carbonyl (C=O) groups is 1. The van der Waals surface area contributed by atoms with Crippen LogP contribution < -0.4 is 5.32 Å². The number of nitrogens with zero attached hydrogens (tertiary/aromatic N) is 1. The van der Waals surface area contributed by atoms with Crippen LogP contribution in [0, 0.1) is 0 Å². The average molecular weight is 240 g/mol. The maximum absolute atomic E-state index is 11.7. The molecule has 0 spiro atoms. The highest BCUT2D eigenvalue weighted by molar-refractivity contribution is 7.07. The molecular formula is C11H16N2O2S. The lowest BCUT2D eigenvalue weighted by molar-refractivity contribution is 0.183. The SMILES string of the molecule is C=CCN(CCO)C(=O)NCc1ccsc1. The van der Waals surface area contributed by atoms with Crippen LogP contribution in [-0.2, 0) is 6.54 Å². The molecule has 0 fully saturated rings. The van der Waals surface area contributed by atoms with E-state index in [4.69, 9.17) is 5.11 Å². The van der Waals surface area contributed by atoms with Crippen molar-refractivity contribution in [1.82, 2.24) is 10.2 Å². The van der Waals surface area contributed by atoms with Gasteiger partial charge in [0.2, 0.25) is 0 Å². The molecule has 1 rings (SSSR count). The fraction of sp³-hybridized carbons (Fsp3) is 0.364. The summed E-state index contributed by atoms with van der Waals surface area (Å²) in [6.45, 7) is 4.81. The standard InChI is InChI=1S/C11H16N2O2S/c1-2-4-13(5-6-14)11(15)12-8-10-3-7-16-9-10/h2-3,7,9,14H,1,4-6,8H2,(H,12,15). The monoisotopic (exact) mass is 240 g/mol. The van der Waals surface area contributed by atoms with Gasteiger partial charge in [0.15, 0.2) is 0 Å². The highest BCUT2D eigenvalue weighted by Crippen LogP contribution is 2.05. The summed E-state index contributed by atoms with van der Waals surface area (Å²) in [5.41, 5.74) is 1.08. The molecule has 1 aromatic rings. The minimum absolute atomic E-state index is 0.0420. The number of hydrogen-bond acceptors (Lipinski definition) is 3. The predicted molar refractivity (Wildman–Crippen MR) is 65.4 cm³/mol. The van der Waals surface area contributed by atoms with Crippen molar-refractivity contribution in [3.05, 3.63) is 35.0 Å². The van der Waals surface area contributed by atoms with Crippen LogP contribution in [0.1, 0.15) is 5.56 Å². The molecule has 2 N–H and O–H groups in total. The van der Waals surface area contributed by atoms with E-state index in [1.807, 2.05) is 16.8 Å². The molecule has 0 saturated carbocycles. The van der Waals surface area contributed by atoms with Crippen molar-refractivity contribution >= 4 is 17.4 Å². The summed E-state index contributed by atoms with van der Waals surface area (Å²) < 4.78 is 0. The smallest absolute Gasteiger partial charge is 0.318 e. The van der Waals surface area contributed by atoms with Gasteiger partial charge in [0.1, 0.15) is 0 Å². The lowest BCUT2D eigenvalue weighted by atomic mass is 10.3. The summed E-state index contributed by atoms with van der Waals surface area (Å²) in [6, 6.07) is 1.79. The molecule has 1 heterocycles. The molecule has 16 heavy (non-hydrogen) atoms. The van der Waals surface area contributed by atoms with Crippen LogP contribution in [0.2, 0.25) is 0 Å². The van der Waals surface area contributed by atoms with Crippen molar-refractivity contribution in [2.75, 3.05) is 19.7 Å². The third kappa shape index (κ3) is 4.04. The summed E-state index contributed by atoms with van der Waals surface area (Å²) in [5, 5.41) is 15.6. The molecule has 88 valence electrons. The molecule has 1 aromatic heterocycles. The van der Waals surface area contributed by atoms with Gasteiger partial charge in [-0.05, 0) is 22.4 Å². The molecule has 0 unspecified atom stereocenters. The fourth-order valence-electron chi connectivity index (χ4n) is 1.24. The second-order valence-electron chi connectivity index (χ2n) is 3.25. The minimum Gasteiger partial charge on any atom is -0.395 e. The van der Waals surface area contributed by atoms with Gasteiger partial charge in [0.25, 0.3) is 0 Å². The minimum atomic E-state index is -0.180. The maximum Gasteiger partial charge on any atom is 0.318 e. The van der Waals surface area contributed by atoms with Crippen LogP contribution in [0.25, 0.3) is 0 Å². The molecule has 2 amide bonds. The first-order chi connectivity index (χ1) is 7.77. The Morgan fingerprint density at radius 2 is 2.50 bits per heavy atom. The highest BCUT2D eigenvalue weighted by atomic mass is 32.1. The molecule has 4 nitrogen and oxygen atoms in total. The Hall–Kier alpha value is -1.33. The average Bonchev–Trinajstić information content (AvgIpc) is 2.78. The molecule has 0 aliphatic rings. The molecule has 0 aliphatic heterocycles. The Kier molecular flexibility index (Phi) is 5.60. The largest absolute Gasteiger partial charge is 0.395 e. The zero-order chi connectivity index (χ0) is 11.8. The van der Waals surface area contributed by atoms with Crippen molar-refractivity contribution in [2.45, 2.75) is 6.54 Å². The van der Waals surface area contributed by atoms with Crippen LogP contribution >= 0.6 is 11.3 Å². The van der Waals surface area contributed by atoms with Crippen molar-refractivity contribution < 1.29 is 9.90 Å². The quantitative estimate of drug-likeness (QED) is 0.739. The summed E-state index contributed by atoms with van der Waals surface area (Å²) in [7, 11) is 0. The van der Waals surface area contributed by atoms with Gasteiger partial charge in [-0.25, -0.2) is 4.79 Å². The third-order valence-electron chi connectivity index (χ3n) is 2.03. The van der Waals surface area contributed by atoms with Gasteiger partial charge < -0.3 is 15.3 Å². The summed E-state index contributed by atoms with van der Waals surface area (Å²) in [6.07, 6.45) is 1.64. The number of aliphatic hydroxyl groups is 1. The molecule has 0 aromatic carbocycles. The topological polar surface area (TPSA) is 52.6 Å². The van der Waals surface area contributed by atoms with Crippen molar-refractivity contribution in [1.29, 1.82) is 0 Å². The van der Waals surface area contributed by atoms with Gasteiger partial charge in [-0.3, -0.25) is 0 Å². The zero-order valence-electron chi connectivity index (χ0n) is 9.06. The van der Waals surface area contributed by atoms with Crippen LogP contribution in [0.15, 0.2) is 29.5 Å². The molecule has 0 atom stereocenters. The number of rotatable bonds is 6. The molecule has 0 bridgehead atoms. The van der Waals surface area contributed by atoms with E-state index in [0.29, 0.717) is 19.6 Å². The second kappa shape index (κ2) is 7.03. The Balaban J connectivity index is 2.39. The van der Waals surface area contributed by atoms with Crippen molar-refractivity contribution in [3.63, 3.8) is 0 Å². The number of aliphatic hydroxyl groups excluding tert-OH is 1. The van der Waals surface area contributed by atoms with E-state index < -0.39 is 0 Å². The highest BCUT2D eigenvalue weighted by Gasteiger charge is 2.10. The number of hydrogen-bond donors (Lipinski definition) is 2. The number of amides is 2. The van der Waals surface area contributed by atoms with Gasteiger partial charge in [-0.15, -0.1) is 6.58 Å². The number of carbonyl (C=O) groups excluding carboxylic acids is 1. The third-order valence-corrected chi connectivity index (χ3v) is 2.76. The van der Waals surface area contributed by atoms with E-state index in [1.54, 1.807) is 17.4 Å². The number of thiophene rings is 1. The summed E-state index contributed by atoms with van der Waals surface area (Å²) >= 11 is 1.60. The van der Waals surface area contributed by atoms with Gasteiger partial charge in [-0.2, -0.15) is 11.3 Å². The van der Waals surface area contributed by atoms with E-state index in [1.165, 1.54) is 4.90 Å². The van der Waals surface area contributed by atoms with Crippen LogP contribution in [0.5, 0.6) is 0 Å². The van der Waals surface area contributed by atoms with Gasteiger partial charge in [-0.1, -0.05) is 6.08 Å². The first kappa shape index (κ1) is 12.7. The zero-order valence-corrected chi connectivity index (χ0v) is 9.87. The van der Waals surface area contributed by atoms with Crippen LogP contribution in [0.3, 0.4) is 0 Å². The summed E-state index contributed by atoms with van der Waals surface area (Å²) in [5.74, 6) is 0. The molecule has 0 saturated heterocycles. The van der Waals surface area contributed by atoms with Crippen molar-refractivity contribution in [2.24, 2.45) is 0 Å². The van der Waals surface area contributed by atoms with Gasteiger partial charge >= 0.3 is 6.03 Å². The van der Waals surface area contributed by atoms with Crippen LogP contribution in [-0.4, -0.2) is 35.7 Å². The van der Waals surface area contributed by atoms with E-state index in [-0.39, 0.29) is 12.6 Å². The number of urea groups is 1. The van der Waals surface area contributed by atoms with Crippen molar-refractivity contribution in [3.8, 4) is 0 Å². The first-order valence-corrected chi connectivity index (χ1v) is 5.97. The van der Waals surface area contributed by atoms with Gasteiger partial charge in [0, 0.05) is 19.6 Å². The normalized spacial score (nSPS) is 9.81. The van der Waals surface area contributed by atoms with E-state index in [9.17, 15) is 4.79 Å². The molecule has 0 radical (unpaired) electrons. The Morgan fingerprint density at radius 1 is 1.69 bits per heavy atom. The molecule has 0 aliphatic carbocycles. The van der Waals surface area contributed by atoms with E-state index in [0.717, 1.165) is 5.56 Å². The maximum atomic E-state index is 11.7. The lowest BCUT2D eigenvalue weighted by Crippen LogP contribution is -2.41. The molecule has 5 heteroatoms. The number of nitrogens with one attached hydrogen (secondary N) is 1. The Bertz CT molecular complexity index is 325. The fourth-order valence-corrected chi connectivity index (χ4v) is 1.90. The predicted octanol–water partition coefficient (Wildman–Crippen LogP) is 1.44. The first-order valence-electron chi connectivity index (χ1n) is 5.03.